The predicted octanol–water partition coefficient (Wildman–Crippen LogP) is 1.63. The summed E-state index contributed by atoms with van der Waals surface area (Å²) in [5.74, 6) is -0.495. The lowest BCUT2D eigenvalue weighted by atomic mass is 10.1. The molecule has 0 spiro atoms. The van der Waals surface area contributed by atoms with E-state index in [0.29, 0.717) is 18.7 Å². The lowest BCUT2D eigenvalue weighted by molar-refractivity contribution is -0.120. The van der Waals surface area contributed by atoms with Gasteiger partial charge in [0.05, 0.1) is 17.2 Å². The van der Waals surface area contributed by atoms with Gasteiger partial charge in [0.25, 0.3) is 5.91 Å². The van der Waals surface area contributed by atoms with Gasteiger partial charge in [0, 0.05) is 18.7 Å². The molecule has 1 heterocycles. The van der Waals surface area contributed by atoms with Crippen LogP contribution in [0.1, 0.15) is 25.3 Å². The molecule has 2 amide bonds. The van der Waals surface area contributed by atoms with Crippen LogP contribution in [0.5, 0.6) is 0 Å². The first kappa shape index (κ1) is 20.7. The smallest absolute Gasteiger partial charge is 0.255 e. The number of hydrogen-bond acceptors (Lipinski definition) is 5. The first-order chi connectivity index (χ1) is 13.9. The van der Waals surface area contributed by atoms with E-state index in [1.54, 1.807) is 30.0 Å². The lowest BCUT2D eigenvalue weighted by Gasteiger charge is -2.16. The molecule has 1 aliphatic heterocycles. The monoisotopic (exact) mass is 414 g/mol. The summed E-state index contributed by atoms with van der Waals surface area (Å²) in [4.78, 5) is 25.7. The molecular weight excluding hydrogens is 392 g/mol. The van der Waals surface area contributed by atoms with Crippen LogP contribution < -0.4 is 15.0 Å². The third-order valence-corrected chi connectivity index (χ3v) is 5.89. The van der Waals surface area contributed by atoms with Crippen molar-refractivity contribution in [3.63, 3.8) is 0 Å². The van der Waals surface area contributed by atoms with Gasteiger partial charge < -0.3 is 4.90 Å². The van der Waals surface area contributed by atoms with Crippen LogP contribution in [0.3, 0.4) is 0 Å². The van der Waals surface area contributed by atoms with Gasteiger partial charge in [-0.25, -0.2) is 18.6 Å². The highest BCUT2D eigenvalue weighted by Crippen LogP contribution is 2.22. The number of hydrazone groups is 1. The Kier molecular flexibility index (Phi) is 6.40. The second kappa shape index (κ2) is 8.97. The maximum Gasteiger partial charge on any atom is 0.255 e. The molecule has 152 valence electrons. The Morgan fingerprint density at radius 3 is 2.59 bits per heavy atom. The summed E-state index contributed by atoms with van der Waals surface area (Å²) in [5, 5.41) is 4.03. The Bertz CT molecular complexity index is 1040. The van der Waals surface area contributed by atoms with E-state index >= 15 is 0 Å². The first-order valence-corrected chi connectivity index (χ1v) is 10.6. The minimum atomic E-state index is -3.76. The van der Waals surface area contributed by atoms with Gasteiger partial charge in [-0.2, -0.15) is 5.10 Å². The summed E-state index contributed by atoms with van der Waals surface area (Å²) in [6.07, 6.45) is 1.39. The summed E-state index contributed by atoms with van der Waals surface area (Å²) in [6.45, 7) is 1.98. The molecule has 0 bridgehead atoms. The molecule has 2 aromatic rings. The van der Waals surface area contributed by atoms with Crippen molar-refractivity contribution in [2.24, 2.45) is 5.10 Å². The SMILES string of the molecule is C/C(=N/NC(=O)CNS(=O)(=O)c1ccccc1)c1cccc(N2CCCC2=O)c1. The van der Waals surface area contributed by atoms with E-state index in [9.17, 15) is 18.0 Å². The molecule has 2 aromatic carbocycles. The fraction of sp³-hybridized carbons (Fsp3) is 0.250. The summed E-state index contributed by atoms with van der Waals surface area (Å²) in [7, 11) is -3.76. The van der Waals surface area contributed by atoms with Gasteiger partial charge in [-0.15, -0.1) is 0 Å². The Morgan fingerprint density at radius 2 is 1.90 bits per heavy atom. The van der Waals surface area contributed by atoms with Gasteiger partial charge >= 0.3 is 0 Å². The molecule has 2 N–H and O–H groups in total. The van der Waals surface area contributed by atoms with Gasteiger partial charge in [0.2, 0.25) is 15.9 Å². The highest BCUT2D eigenvalue weighted by atomic mass is 32.2. The van der Waals surface area contributed by atoms with E-state index in [2.05, 4.69) is 15.2 Å². The third-order valence-electron chi connectivity index (χ3n) is 4.47. The largest absolute Gasteiger partial charge is 0.312 e. The van der Waals surface area contributed by atoms with Crippen LogP contribution in [0, 0.1) is 0 Å². The van der Waals surface area contributed by atoms with E-state index in [-0.39, 0.29) is 10.8 Å². The molecule has 1 aliphatic rings. The Balaban J connectivity index is 1.59. The molecule has 29 heavy (non-hydrogen) atoms. The molecule has 1 fully saturated rings. The maximum atomic E-state index is 12.1. The van der Waals surface area contributed by atoms with Crippen molar-refractivity contribution < 1.29 is 18.0 Å². The molecule has 3 rings (SSSR count). The van der Waals surface area contributed by atoms with Crippen molar-refractivity contribution in [3.8, 4) is 0 Å². The molecular formula is C20H22N4O4S. The first-order valence-electron chi connectivity index (χ1n) is 9.15. The van der Waals surface area contributed by atoms with Crippen molar-refractivity contribution in [3.05, 3.63) is 60.2 Å². The summed E-state index contributed by atoms with van der Waals surface area (Å²) < 4.78 is 26.5. The highest BCUT2D eigenvalue weighted by Gasteiger charge is 2.21. The molecule has 8 nitrogen and oxygen atoms in total. The minimum Gasteiger partial charge on any atom is -0.312 e. The fourth-order valence-electron chi connectivity index (χ4n) is 2.91. The van der Waals surface area contributed by atoms with Crippen LogP contribution >= 0.6 is 0 Å². The Hall–Kier alpha value is -3.04. The van der Waals surface area contributed by atoms with Crippen molar-refractivity contribution in [2.75, 3.05) is 18.0 Å². The standard InChI is InChI=1S/C20H22N4O4S/c1-15(16-7-5-8-17(13-16)24-12-6-11-20(24)26)22-23-19(25)14-21-29(27,28)18-9-3-2-4-10-18/h2-5,7-10,13,21H,6,11-12,14H2,1H3,(H,23,25)/b22-15-. The predicted molar refractivity (Wildman–Crippen MR) is 110 cm³/mol. The zero-order valence-electron chi connectivity index (χ0n) is 16.0. The van der Waals surface area contributed by atoms with E-state index in [0.717, 1.165) is 17.7 Å². The van der Waals surface area contributed by atoms with E-state index < -0.39 is 22.5 Å². The molecule has 0 saturated carbocycles. The van der Waals surface area contributed by atoms with Gasteiger partial charge in [0.15, 0.2) is 0 Å². The topological polar surface area (TPSA) is 108 Å². The number of sulfonamides is 1. The second-order valence-electron chi connectivity index (χ2n) is 6.57. The van der Waals surface area contributed by atoms with Crippen molar-refractivity contribution in [1.82, 2.24) is 10.1 Å². The normalized spacial score (nSPS) is 14.9. The number of amides is 2. The van der Waals surface area contributed by atoms with Gasteiger partial charge in [-0.1, -0.05) is 30.3 Å². The third kappa shape index (κ3) is 5.27. The molecule has 0 unspecified atom stereocenters. The van der Waals surface area contributed by atoms with Gasteiger partial charge in [0.1, 0.15) is 0 Å². The number of carbonyl (C=O) groups excluding carboxylic acids is 2. The number of nitrogens with one attached hydrogen (secondary N) is 2. The summed E-state index contributed by atoms with van der Waals surface area (Å²) in [6, 6.07) is 15.2. The number of benzene rings is 2. The average Bonchev–Trinajstić information content (AvgIpc) is 3.17. The van der Waals surface area contributed by atoms with Crippen molar-refractivity contribution >= 4 is 33.2 Å². The second-order valence-corrected chi connectivity index (χ2v) is 8.34. The van der Waals surface area contributed by atoms with Gasteiger partial charge in [-0.05, 0) is 43.2 Å². The van der Waals surface area contributed by atoms with Gasteiger partial charge in [-0.3, -0.25) is 9.59 Å². The van der Waals surface area contributed by atoms with E-state index in [4.69, 9.17) is 0 Å². The Labute approximate surface area is 169 Å². The van der Waals surface area contributed by atoms with Crippen LogP contribution in [-0.2, 0) is 19.6 Å². The van der Waals surface area contributed by atoms with Crippen LogP contribution in [-0.4, -0.2) is 39.0 Å². The van der Waals surface area contributed by atoms with Crippen molar-refractivity contribution in [1.29, 1.82) is 0 Å². The molecule has 0 atom stereocenters. The van der Waals surface area contributed by atoms with E-state index in [1.807, 2.05) is 24.3 Å². The highest BCUT2D eigenvalue weighted by molar-refractivity contribution is 7.89. The van der Waals surface area contributed by atoms with Crippen LogP contribution in [0.4, 0.5) is 5.69 Å². The Morgan fingerprint density at radius 1 is 1.14 bits per heavy atom. The number of carbonyl (C=O) groups is 2. The number of nitrogens with zero attached hydrogens (tertiary/aromatic N) is 2. The fourth-order valence-corrected chi connectivity index (χ4v) is 3.92. The lowest BCUT2D eigenvalue weighted by Crippen LogP contribution is -2.35. The molecule has 0 aromatic heterocycles. The minimum absolute atomic E-state index is 0.0840. The molecule has 1 saturated heterocycles. The van der Waals surface area contributed by atoms with Crippen molar-refractivity contribution in [2.45, 2.75) is 24.7 Å². The van der Waals surface area contributed by atoms with Crippen LogP contribution in [0.25, 0.3) is 0 Å². The average molecular weight is 414 g/mol. The quantitative estimate of drug-likeness (QED) is 0.530. The zero-order chi connectivity index (χ0) is 20.9. The van der Waals surface area contributed by atoms with Crippen LogP contribution in [0.2, 0.25) is 0 Å². The zero-order valence-corrected chi connectivity index (χ0v) is 16.8. The summed E-state index contributed by atoms with van der Waals surface area (Å²) >= 11 is 0. The van der Waals surface area contributed by atoms with E-state index in [1.165, 1.54) is 12.1 Å². The van der Waals surface area contributed by atoms with Crippen LogP contribution in [0.15, 0.2) is 64.6 Å². The summed E-state index contributed by atoms with van der Waals surface area (Å²) in [5.41, 5.74) is 4.43. The maximum absolute atomic E-state index is 12.1. The number of rotatable bonds is 7. The number of hydrogen-bond donors (Lipinski definition) is 2. The molecule has 9 heteroatoms. The number of anilines is 1. The molecule has 0 radical (unpaired) electrons. The molecule has 0 aliphatic carbocycles.